The van der Waals surface area contributed by atoms with E-state index in [9.17, 15) is 14.4 Å². The molecule has 6 nitrogen and oxygen atoms in total. The topological polar surface area (TPSA) is 78.9 Å². The van der Waals surface area contributed by atoms with Crippen molar-refractivity contribution in [1.29, 1.82) is 0 Å². The molecule has 0 fully saturated rings. The van der Waals surface area contributed by atoms with Gasteiger partial charge in [-0.3, -0.25) is 14.4 Å². The molecular formula is C48H86O6. The zero-order chi connectivity index (χ0) is 39.4. The zero-order valence-electron chi connectivity index (χ0n) is 35.7. The van der Waals surface area contributed by atoms with Crippen LogP contribution in [0.15, 0.2) is 36.5 Å². The molecule has 0 aromatic rings. The molecule has 0 saturated heterocycles. The van der Waals surface area contributed by atoms with Gasteiger partial charge in [-0.2, -0.15) is 0 Å². The molecule has 0 aliphatic heterocycles. The van der Waals surface area contributed by atoms with Crippen molar-refractivity contribution < 1.29 is 28.6 Å². The maximum absolute atomic E-state index is 12.7. The van der Waals surface area contributed by atoms with Crippen molar-refractivity contribution in [2.45, 2.75) is 239 Å². The van der Waals surface area contributed by atoms with Crippen molar-refractivity contribution in [1.82, 2.24) is 0 Å². The number of allylic oxidation sites excluding steroid dienone is 6. The Morgan fingerprint density at radius 1 is 0.389 bits per heavy atom. The first-order chi connectivity index (χ1) is 26.5. The Morgan fingerprint density at radius 3 is 1.13 bits per heavy atom. The maximum atomic E-state index is 12.7. The Morgan fingerprint density at radius 2 is 0.722 bits per heavy atom. The molecule has 0 radical (unpaired) electrons. The fourth-order valence-electron chi connectivity index (χ4n) is 6.46. The van der Waals surface area contributed by atoms with Crippen LogP contribution >= 0.6 is 0 Å². The Balaban J connectivity index is 4.40. The SMILES string of the molecule is CC/C=C\C/C=C\C/C=C\CCCCCC(=O)OCC(COC(=O)CCCCCCCCCCCCC)OC(=O)CCCCCCCCCCCCCC. The quantitative estimate of drug-likeness (QED) is 0.0267. The second-order valence-corrected chi connectivity index (χ2v) is 15.3. The highest BCUT2D eigenvalue weighted by molar-refractivity contribution is 5.71. The Hall–Kier alpha value is -2.37. The van der Waals surface area contributed by atoms with Crippen molar-refractivity contribution in [3.63, 3.8) is 0 Å². The van der Waals surface area contributed by atoms with E-state index in [0.29, 0.717) is 19.3 Å². The molecule has 1 atom stereocenters. The van der Waals surface area contributed by atoms with Gasteiger partial charge in [-0.15, -0.1) is 0 Å². The summed E-state index contributed by atoms with van der Waals surface area (Å²) in [5, 5.41) is 0. The molecule has 0 N–H and O–H groups in total. The van der Waals surface area contributed by atoms with Gasteiger partial charge < -0.3 is 14.2 Å². The zero-order valence-corrected chi connectivity index (χ0v) is 35.7. The van der Waals surface area contributed by atoms with E-state index >= 15 is 0 Å². The number of ether oxygens (including phenoxy) is 3. The molecule has 0 rings (SSSR count). The summed E-state index contributed by atoms with van der Waals surface area (Å²) in [4.78, 5) is 37.7. The lowest BCUT2D eigenvalue weighted by molar-refractivity contribution is -0.167. The average Bonchev–Trinajstić information content (AvgIpc) is 3.17. The van der Waals surface area contributed by atoms with E-state index in [-0.39, 0.29) is 31.1 Å². The third-order valence-electron chi connectivity index (χ3n) is 9.91. The first-order valence-electron chi connectivity index (χ1n) is 23.0. The summed E-state index contributed by atoms with van der Waals surface area (Å²) in [5.41, 5.74) is 0. The van der Waals surface area contributed by atoms with Crippen LogP contribution in [-0.2, 0) is 28.6 Å². The molecule has 0 amide bonds. The third-order valence-corrected chi connectivity index (χ3v) is 9.91. The minimum absolute atomic E-state index is 0.0781. The number of carbonyl (C=O) groups excluding carboxylic acids is 3. The molecule has 1 unspecified atom stereocenters. The van der Waals surface area contributed by atoms with Gasteiger partial charge in [0.25, 0.3) is 0 Å². The monoisotopic (exact) mass is 759 g/mol. The summed E-state index contributed by atoms with van der Waals surface area (Å²) >= 11 is 0. The summed E-state index contributed by atoms with van der Waals surface area (Å²) in [7, 11) is 0. The molecule has 0 saturated carbocycles. The highest BCUT2D eigenvalue weighted by atomic mass is 16.6. The van der Waals surface area contributed by atoms with Crippen LogP contribution in [0.1, 0.15) is 233 Å². The summed E-state index contributed by atoms with van der Waals surface area (Å²) in [6.45, 7) is 6.49. The summed E-state index contributed by atoms with van der Waals surface area (Å²) in [6.07, 6.45) is 48.4. The van der Waals surface area contributed by atoms with Crippen molar-refractivity contribution in [2.75, 3.05) is 13.2 Å². The van der Waals surface area contributed by atoms with Crippen LogP contribution < -0.4 is 0 Å². The lowest BCUT2D eigenvalue weighted by Crippen LogP contribution is -2.30. The molecule has 0 aliphatic carbocycles. The lowest BCUT2D eigenvalue weighted by Gasteiger charge is -2.18. The molecule has 0 aromatic carbocycles. The van der Waals surface area contributed by atoms with Crippen LogP contribution in [0.5, 0.6) is 0 Å². The Bertz CT molecular complexity index is 922. The van der Waals surface area contributed by atoms with Crippen molar-refractivity contribution in [2.24, 2.45) is 0 Å². The van der Waals surface area contributed by atoms with E-state index in [1.54, 1.807) is 0 Å². The first-order valence-corrected chi connectivity index (χ1v) is 23.0. The van der Waals surface area contributed by atoms with Crippen molar-refractivity contribution in [3.05, 3.63) is 36.5 Å². The van der Waals surface area contributed by atoms with E-state index in [2.05, 4.69) is 57.2 Å². The van der Waals surface area contributed by atoms with E-state index in [0.717, 1.165) is 83.5 Å². The Labute approximate surface area is 334 Å². The molecule has 0 aromatic heterocycles. The van der Waals surface area contributed by atoms with E-state index < -0.39 is 6.10 Å². The second kappa shape index (κ2) is 43.4. The average molecular weight is 759 g/mol. The van der Waals surface area contributed by atoms with Gasteiger partial charge in [0, 0.05) is 19.3 Å². The van der Waals surface area contributed by atoms with Crippen LogP contribution in [0.3, 0.4) is 0 Å². The number of esters is 3. The van der Waals surface area contributed by atoms with Crippen LogP contribution in [0, 0.1) is 0 Å². The van der Waals surface area contributed by atoms with E-state index in [4.69, 9.17) is 14.2 Å². The highest BCUT2D eigenvalue weighted by Gasteiger charge is 2.19. The molecular weight excluding hydrogens is 673 g/mol. The van der Waals surface area contributed by atoms with Crippen molar-refractivity contribution in [3.8, 4) is 0 Å². The van der Waals surface area contributed by atoms with Crippen LogP contribution in [0.4, 0.5) is 0 Å². The minimum Gasteiger partial charge on any atom is -0.462 e. The number of carbonyl (C=O) groups is 3. The van der Waals surface area contributed by atoms with Gasteiger partial charge in [0.15, 0.2) is 6.10 Å². The molecule has 0 spiro atoms. The van der Waals surface area contributed by atoms with Gasteiger partial charge in [0.1, 0.15) is 13.2 Å². The first kappa shape index (κ1) is 51.6. The normalized spacial score (nSPS) is 12.3. The number of hydrogen-bond donors (Lipinski definition) is 0. The van der Waals surface area contributed by atoms with E-state index in [1.165, 1.54) is 109 Å². The fraction of sp³-hybridized carbons (Fsp3) is 0.812. The molecule has 6 heteroatoms. The lowest BCUT2D eigenvalue weighted by atomic mass is 10.0. The summed E-state index contributed by atoms with van der Waals surface area (Å²) in [6, 6.07) is 0. The van der Waals surface area contributed by atoms with Gasteiger partial charge >= 0.3 is 17.9 Å². The van der Waals surface area contributed by atoms with Crippen LogP contribution in [-0.4, -0.2) is 37.2 Å². The summed E-state index contributed by atoms with van der Waals surface area (Å²) < 4.78 is 16.7. The van der Waals surface area contributed by atoms with Gasteiger partial charge in [-0.05, 0) is 51.4 Å². The fourth-order valence-corrected chi connectivity index (χ4v) is 6.46. The highest BCUT2D eigenvalue weighted by Crippen LogP contribution is 2.15. The molecule has 314 valence electrons. The number of unbranched alkanes of at least 4 members (excludes halogenated alkanes) is 24. The Kier molecular flexibility index (Phi) is 41.5. The third kappa shape index (κ3) is 40.8. The minimum atomic E-state index is -0.776. The molecule has 0 bridgehead atoms. The van der Waals surface area contributed by atoms with Gasteiger partial charge in [-0.25, -0.2) is 0 Å². The predicted octanol–water partition coefficient (Wildman–Crippen LogP) is 14.6. The predicted molar refractivity (Wildman–Crippen MR) is 229 cm³/mol. The van der Waals surface area contributed by atoms with Gasteiger partial charge in [0.05, 0.1) is 0 Å². The van der Waals surface area contributed by atoms with Gasteiger partial charge in [-0.1, -0.05) is 198 Å². The maximum Gasteiger partial charge on any atom is 0.306 e. The largest absolute Gasteiger partial charge is 0.462 e. The van der Waals surface area contributed by atoms with Gasteiger partial charge in [0.2, 0.25) is 0 Å². The van der Waals surface area contributed by atoms with Crippen LogP contribution in [0.2, 0.25) is 0 Å². The second-order valence-electron chi connectivity index (χ2n) is 15.3. The number of rotatable bonds is 41. The summed E-state index contributed by atoms with van der Waals surface area (Å²) in [5.74, 6) is -0.906. The molecule has 54 heavy (non-hydrogen) atoms. The van der Waals surface area contributed by atoms with E-state index in [1.807, 2.05) is 0 Å². The molecule has 0 heterocycles. The van der Waals surface area contributed by atoms with Crippen molar-refractivity contribution >= 4 is 17.9 Å². The smallest absolute Gasteiger partial charge is 0.306 e. The molecule has 0 aliphatic rings. The number of hydrogen-bond acceptors (Lipinski definition) is 6. The van der Waals surface area contributed by atoms with Crippen LogP contribution in [0.25, 0.3) is 0 Å². The standard InChI is InChI=1S/C48H86O6/c1-4-7-10-13-16-19-22-24-27-29-32-35-38-41-47(50)53-44-45(43-52-46(49)40-37-34-31-28-25-21-18-15-12-9-6-3)54-48(51)42-39-36-33-30-26-23-20-17-14-11-8-5-2/h7,10,16,19,24,27,45H,4-6,8-9,11-15,17-18,20-23,25-26,28-44H2,1-3H3/b10-7-,19-16-,27-24-.